The van der Waals surface area contributed by atoms with Crippen LogP contribution < -0.4 is 9.64 Å². The van der Waals surface area contributed by atoms with Gasteiger partial charge in [0.25, 0.3) is 0 Å². The minimum Gasteiger partial charge on any atom is -0.492 e. The summed E-state index contributed by atoms with van der Waals surface area (Å²) in [5, 5.41) is 0. The molecule has 0 heterocycles. The van der Waals surface area contributed by atoms with Crippen molar-refractivity contribution in [2.24, 2.45) is 0 Å². The van der Waals surface area contributed by atoms with Crippen molar-refractivity contribution < 1.29 is 9.53 Å². The molecular formula is C13H19ClN2O2. The molecule has 0 radical (unpaired) electrons. The Labute approximate surface area is 113 Å². The van der Waals surface area contributed by atoms with E-state index in [9.17, 15) is 4.79 Å². The van der Waals surface area contributed by atoms with Crippen molar-refractivity contribution in [2.45, 2.75) is 0 Å². The summed E-state index contributed by atoms with van der Waals surface area (Å²) in [6.45, 7) is 0.980. The normalized spacial score (nSPS) is 10.0. The van der Waals surface area contributed by atoms with E-state index in [2.05, 4.69) is 0 Å². The third kappa shape index (κ3) is 4.45. The smallest absolute Gasteiger partial charge is 0.237 e. The van der Waals surface area contributed by atoms with Gasteiger partial charge in [-0.15, -0.1) is 11.6 Å². The molecule has 0 aromatic heterocycles. The highest BCUT2D eigenvalue weighted by atomic mass is 35.5. The molecule has 0 aliphatic heterocycles. The molecule has 100 valence electrons. The van der Waals surface area contributed by atoms with Crippen LogP contribution in [0.2, 0.25) is 0 Å². The number of likely N-dealkylation sites (N-methyl/N-ethyl adjacent to an activating group) is 1. The number of carbonyl (C=O) groups is 1. The van der Waals surface area contributed by atoms with Gasteiger partial charge in [0.15, 0.2) is 0 Å². The van der Waals surface area contributed by atoms with Gasteiger partial charge in [0, 0.05) is 32.9 Å². The average molecular weight is 271 g/mol. The van der Waals surface area contributed by atoms with Crippen molar-refractivity contribution in [3.05, 3.63) is 24.3 Å². The zero-order valence-electron chi connectivity index (χ0n) is 11.0. The zero-order chi connectivity index (χ0) is 13.5. The van der Waals surface area contributed by atoms with Crippen LogP contribution in [0.5, 0.6) is 5.75 Å². The number of benzene rings is 1. The molecular weight excluding hydrogens is 252 g/mol. The summed E-state index contributed by atoms with van der Waals surface area (Å²) in [4.78, 5) is 14.8. The number of nitrogens with zero attached hydrogens (tertiary/aromatic N) is 2. The molecule has 0 saturated heterocycles. The van der Waals surface area contributed by atoms with E-state index in [1.54, 1.807) is 11.9 Å². The third-order valence-corrected chi connectivity index (χ3v) is 2.80. The molecule has 1 amide bonds. The molecule has 0 aliphatic carbocycles. The van der Waals surface area contributed by atoms with Gasteiger partial charge in [0.1, 0.15) is 18.2 Å². The van der Waals surface area contributed by atoms with Crippen molar-refractivity contribution in [1.82, 2.24) is 4.90 Å². The molecule has 0 spiro atoms. The van der Waals surface area contributed by atoms with Crippen LogP contribution in [0.15, 0.2) is 24.3 Å². The maximum Gasteiger partial charge on any atom is 0.237 e. The molecule has 0 unspecified atom stereocenters. The summed E-state index contributed by atoms with van der Waals surface area (Å²) in [6.07, 6.45) is 0. The molecule has 0 atom stereocenters. The average Bonchev–Trinajstić information content (AvgIpc) is 2.38. The van der Waals surface area contributed by atoms with E-state index in [4.69, 9.17) is 16.3 Å². The monoisotopic (exact) mass is 270 g/mol. The van der Waals surface area contributed by atoms with Crippen molar-refractivity contribution in [3.8, 4) is 5.75 Å². The number of alkyl halides is 1. The number of amides is 1. The number of anilines is 1. The number of hydrogen-bond donors (Lipinski definition) is 0. The molecule has 0 saturated carbocycles. The molecule has 1 rings (SSSR count). The summed E-state index contributed by atoms with van der Waals surface area (Å²) >= 11 is 5.46. The highest BCUT2D eigenvalue weighted by Crippen LogP contribution is 2.19. The van der Waals surface area contributed by atoms with Crippen molar-refractivity contribution in [2.75, 3.05) is 45.1 Å². The first-order valence-corrected chi connectivity index (χ1v) is 6.28. The fourth-order valence-electron chi connectivity index (χ4n) is 1.38. The fraction of sp³-hybridized carbons (Fsp3) is 0.462. The molecule has 1 aromatic rings. The minimum absolute atomic E-state index is 0.00656. The first-order chi connectivity index (χ1) is 8.54. The van der Waals surface area contributed by atoms with Gasteiger partial charge >= 0.3 is 0 Å². The minimum atomic E-state index is -0.0951. The lowest BCUT2D eigenvalue weighted by Gasteiger charge is -2.17. The molecule has 4 nitrogen and oxygen atoms in total. The fourth-order valence-corrected chi connectivity index (χ4v) is 1.58. The number of ether oxygens (including phenoxy) is 1. The quantitative estimate of drug-likeness (QED) is 0.740. The number of rotatable bonds is 6. The molecule has 0 N–H and O–H groups in total. The van der Waals surface area contributed by atoms with Crippen LogP contribution in [-0.2, 0) is 4.79 Å². The topological polar surface area (TPSA) is 32.8 Å². The van der Waals surface area contributed by atoms with Gasteiger partial charge in [0.05, 0.1) is 6.54 Å². The molecule has 0 fully saturated rings. The van der Waals surface area contributed by atoms with Crippen LogP contribution in [0.3, 0.4) is 0 Å². The summed E-state index contributed by atoms with van der Waals surface area (Å²) < 4.78 is 5.60. The van der Waals surface area contributed by atoms with Gasteiger partial charge in [-0.3, -0.25) is 4.79 Å². The molecule has 18 heavy (non-hydrogen) atoms. The molecule has 0 aliphatic rings. The van der Waals surface area contributed by atoms with E-state index in [1.165, 1.54) is 0 Å². The summed E-state index contributed by atoms with van der Waals surface area (Å²) in [6, 6.07) is 7.81. The lowest BCUT2D eigenvalue weighted by atomic mass is 10.3. The van der Waals surface area contributed by atoms with E-state index in [0.29, 0.717) is 13.2 Å². The lowest BCUT2D eigenvalue weighted by Crippen LogP contribution is -2.31. The Morgan fingerprint density at radius 1 is 1.33 bits per heavy atom. The third-order valence-electron chi connectivity index (χ3n) is 2.57. The van der Waals surface area contributed by atoms with Gasteiger partial charge in [-0.2, -0.15) is 0 Å². The Bertz CT molecular complexity index is 396. The Morgan fingerprint density at radius 2 is 2.06 bits per heavy atom. The van der Waals surface area contributed by atoms with Crippen molar-refractivity contribution in [1.29, 1.82) is 0 Å². The second-order valence-corrected chi connectivity index (χ2v) is 4.46. The van der Waals surface area contributed by atoms with E-state index < -0.39 is 0 Å². The number of carbonyl (C=O) groups excluding carboxylic acids is 1. The highest BCUT2D eigenvalue weighted by molar-refractivity contribution is 6.27. The first-order valence-electron chi connectivity index (χ1n) is 5.74. The summed E-state index contributed by atoms with van der Waals surface area (Å²) in [5.74, 6) is 0.710. The van der Waals surface area contributed by atoms with Crippen LogP contribution in [0.1, 0.15) is 0 Å². The van der Waals surface area contributed by atoms with Gasteiger partial charge < -0.3 is 14.5 Å². The van der Waals surface area contributed by atoms with Crippen LogP contribution in [0.25, 0.3) is 0 Å². The van der Waals surface area contributed by atoms with Gasteiger partial charge in [-0.1, -0.05) is 6.07 Å². The Morgan fingerprint density at radius 3 is 2.67 bits per heavy atom. The van der Waals surface area contributed by atoms with Gasteiger partial charge in [-0.05, 0) is 12.1 Å². The number of hydrogen-bond acceptors (Lipinski definition) is 3. The Hall–Kier alpha value is -1.42. The van der Waals surface area contributed by atoms with Crippen LogP contribution in [0.4, 0.5) is 5.69 Å². The first kappa shape index (κ1) is 14.6. The molecule has 5 heteroatoms. The maximum absolute atomic E-state index is 11.2. The standard InChI is InChI=1S/C13H19ClN2O2/c1-15(2)11-5-4-6-12(9-11)18-8-7-16(3)13(17)10-14/h4-6,9H,7-8,10H2,1-3H3. The lowest BCUT2D eigenvalue weighted by molar-refractivity contribution is -0.127. The van der Waals surface area contributed by atoms with Crippen molar-refractivity contribution >= 4 is 23.2 Å². The van der Waals surface area contributed by atoms with Crippen molar-refractivity contribution in [3.63, 3.8) is 0 Å². The highest BCUT2D eigenvalue weighted by Gasteiger charge is 2.06. The largest absolute Gasteiger partial charge is 0.492 e. The summed E-state index contributed by atoms with van der Waals surface area (Å²) in [5.41, 5.74) is 1.08. The van der Waals surface area contributed by atoms with Gasteiger partial charge in [0.2, 0.25) is 5.91 Å². The second kappa shape index (κ2) is 7.11. The van der Waals surface area contributed by atoms with E-state index in [1.807, 2.05) is 43.3 Å². The Kier molecular flexibility index (Phi) is 5.78. The van der Waals surface area contributed by atoms with Gasteiger partial charge in [-0.25, -0.2) is 0 Å². The predicted octanol–water partition coefficient (Wildman–Crippen LogP) is 1.83. The van der Waals surface area contributed by atoms with Crippen LogP contribution in [-0.4, -0.2) is 51.0 Å². The van der Waals surface area contributed by atoms with E-state index in [-0.39, 0.29) is 11.8 Å². The van der Waals surface area contributed by atoms with Crippen LogP contribution >= 0.6 is 11.6 Å². The zero-order valence-corrected chi connectivity index (χ0v) is 11.8. The maximum atomic E-state index is 11.2. The molecule has 0 bridgehead atoms. The van der Waals surface area contributed by atoms with E-state index in [0.717, 1.165) is 11.4 Å². The second-order valence-electron chi connectivity index (χ2n) is 4.19. The predicted molar refractivity (Wildman–Crippen MR) is 74.6 cm³/mol. The SMILES string of the molecule is CN(CCOc1cccc(N(C)C)c1)C(=O)CCl. The Balaban J connectivity index is 2.44. The summed E-state index contributed by atoms with van der Waals surface area (Å²) in [7, 11) is 5.67. The van der Waals surface area contributed by atoms with Crippen LogP contribution in [0, 0.1) is 0 Å². The number of halogens is 1. The van der Waals surface area contributed by atoms with E-state index >= 15 is 0 Å². The molecule has 1 aromatic carbocycles.